The van der Waals surface area contributed by atoms with E-state index in [1.54, 1.807) is 0 Å². The Labute approximate surface area is 200 Å². The highest BCUT2D eigenvalue weighted by Crippen LogP contribution is 2.08. The lowest BCUT2D eigenvalue weighted by molar-refractivity contribution is -0.145. The highest BCUT2D eigenvalue weighted by atomic mass is 16.5. The van der Waals surface area contributed by atoms with Gasteiger partial charge in [-0.2, -0.15) is 0 Å². The summed E-state index contributed by atoms with van der Waals surface area (Å²) in [7, 11) is 1.25. The minimum absolute atomic E-state index is 0.0258. The molecule has 1 unspecified atom stereocenters. The molecule has 0 aliphatic rings. The second-order valence-corrected chi connectivity index (χ2v) is 7.05. The molecule has 0 bridgehead atoms. The number of hydrogen-bond donors (Lipinski definition) is 4. The number of guanidine groups is 1. The average Bonchev–Trinajstić information content (AvgIpc) is 2.81. The summed E-state index contributed by atoms with van der Waals surface area (Å²) in [4.78, 5) is 39.5. The number of nitrogens with one attached hydrogen (secondary N) is 2. The van der Waals surface area contributed by atoms with Gasteiger partial charge in [0.05, 0.1) is 7.11 Å². The molecule has 0 fully saturated rings. The second kappa shape index (κ2) is 15.5. The first-order chi connectivity index (χ1) is 16.2. The molecule has 2 amide bonds. The zero-order valence-electron chi connectivity index (χ0n) is 19.5. The first-order valence-electron chi connectivity index (χ1n) is 10.5. The van der Waals surface area contributed by atoms with Crippen LogP contribution in [0.4, 0.5) is 0 Å². The van der Waals surface area contributed by atoms with Crippen LogP contribution in [0.3, 0.4) is 0 Å². The summed E-state index contributed by atoms with van der Waals surface area (Å²) in [5.41, 5.74) is 12.6. The molecule has 6 N–H and O–H groups in total. The van der Waals surface area contributed by atoms with Gasteiger partial charge in [0.1, 0.15) is 12.6 Å². The number of nitrogens with zero attached hydrogens (tertiary/aromatic N) is 1. The van der Waals surface area contributed by atoms with E-state index in [0.29, 0.717) is 5.57 Å². The maximum Gasteiger partial charge on any atom is 0.328 e. The molecule has 1 atom stereocenters. The first-order valence-corrected chi connectivity index (χ1v) is 10.5. The Balaban J connectivity index is 2.66. The van der Waals surface area contributed by atoms with Crippen molar-refractivity contribution < 1.29 is 19.1 Å². The third-order valence-electron chi connectivity index (χ3n) is 4.26. The maximum atomic E-state index is 12.2. The molecule has 0 aromatic heterocycles. The molecule has 9 nitrogen and oxygen atoms in total. The monoisotopic (exact) mass is 465 g/mol. The minimum atomic E-state index is -0.872. The standard InChI is InChI=1S/C25H31N5O4/c1-4-5-6-7-18(2)8-9-19-10-12-20(13-11-19)16-21(24(33)34-3)30-22(31)14-15-28-23(32)17-29-25(26)27/h4-7,10-13,21H,2,14-17H2,1,3H3,(H,28,32)(H,30,31)(H4,26,27,29)/b5-4-,7-6-. The van der Waals surface area contributed by atoms with Crippen molar-refractivity contribution in [2.75, 3.05) is 20.2 Å². The van der Waals surface area contributed by atoms with E-state index in [2.05, 4.69) is 34.0 Å². The predicted octanol–water partition coefficient (Wildman–Crippen LogP) is 0.707. The van der Waals surface area contributed by atoms with Crippen molar-refractivity contribution in [3.05, 3.63) is 71.8 Å². The molecular weight excluding hydrogens is 434 g/mol. The maximum absolute atomic E-state index is 12.2. The van der Waals surface area contributed by atoms with Gasteiger partial charge in [-0.1, -0.05) is 48.8 Å². The molecule has 0 radical (unpaired) electrons. The Morgan fingerprint density at radius 1 is 1.18 bits per heavy atom. The first kappa shape index (κ1) is 27.7. The summed E-state index contributed by atoms with van der Waals surface area (Å²) >= 11 is 0. The lowest BCUT2D eigenvalue weighted by Crippen LogP contribution is -2.44. The van der Waals surface area contributed by atoms with Crippen molar-refractivity contribution in [2.24, 2.45) is 16.5 Å². The number of aliphatic imine (C=N–C) groups is 1. The van der Waals surface area contributed by atoms with Crippen LogP contribution in [0.1, 0.15) is 24.5 Å². The number of allylic oxidation sites excluding steroid dienone is 5. The molecule has 0 spiro atoms. The molecule has 0 aliphatic heterocycles. The van der Waals surface area contributed by atoms with Crippen LogP contribution in [0.5, 0.6) is 0 Å². The van der Waals surface area contributed by atoms with Crippen molar-refractivity contribution in [3.8, 4) is 11.8 Å². The van der Waals surface area contributed by atoms with Crippen molar-refractivity contribution in [3.63, 3.8) is 0 Å². The van der Waals surface area contributed by atoms with E-state index in [1.165, 1.54) is 7.11 Å². The number of methoxy groups -OCH3 is 1. The molecule has 0 heterocycles. The van der Waals surface area contributed by atoms with Gasteiger partial charge in [0.15, 0.2) is 5.96 Å². The molecule has 1 rings (SSSR count). The highest BCUT2D eigenvalue weighted by Gasteiger charge is 2.21. The van der Waals surface area contributed by atoms with E-state index in [4.69, 9.17) is 16.2 Å². The summed E-state index contributed by atoms with van der Waals surface area (Å²) in [6.07, 6.45) is 7.70. The van der Waals surface area contributed by atoms with Gasteiger partial charge >= 0.3 is 5.97 Å². The number of ether oxygens (including phenoxy) is 1. The fourth-order valence-corrected chi connectivity index (χ4v) is 2.57. The zero-order chi connectivity index (χ0) is 25.3. The van der Waals surface area contributed by atoms with Gasteiger partial charge in [-0.3, -0.25) is 9.59 Å². The smallest absolute Gasteiger partial charge is 0.328 e. The normalized spacial score (nSPS) is 11.2. The molecule has 0 saturated heterocycles. The molecular formula is C25H31N5O4. The Kier molecular flexibility index (Phi) is 12.6. The Morgan fingerprint density at radius 3 is 2.50 bits per heavy atom. The van der Waals surface area contributed by atoms with Crippen LogP contribution in [0, 0.1) is 11.8 Å². The van der Waals surface area contributed by atoms with E-state index in [0.717, 1.165) is 11.1 Å². The molecule has 1 aromatic rings. The number of carbonyl (C=O) groups is 3. The fourth-order valence-electron chi connectivity index (χ4n) is 2.57. The number of rotatable bonds is 11. The summed E-state index contributed by atoms with van der Waals surface area (Å²) < 4.78 is 4.81. The highest BCUT2D eigenvalue weighted by molar-refractivity contribution is 5.86. The molecule has 1 aromatic carbocycles. The van der Waals surface area contributed by atoms with Gasteiger partial charge in [0, 0.05) is 30.5 Å². The van der Waals surface area contributed by atoms with Gasteiger partial charge in [0.25, 0.3) is 0 Å². The topological polar surface area (TPSA) is 149 Å². The van der Waals surface area contributed by atoms with E-state index in [1.807, 2.05) is 55.5 Å². The minimum Gasteiger partial charge on any atom is -0.467 e. The summed E-state index contributed by atoms with van der Waals surface area (Å²) in [5, 5.41) is 5.15. The van der Waals surface area contributed by atoms with Crippen molar-refractivity contribution in [1.29, 1.82) is 0 Å². The SMILES string of the molecule is C=C(C#Cc1ccc(CC(NC(=O)CCNC(=O)CN=C(N)N)C(=O)OC)cc1)/C=C\C=C/C. The largest absolute Gasteiger partial charge is 0.467 e. The van der Waals surface area contributed by atoms with E-state index < -0.39 is 23.8 Å². The van der Waals surface area contributed by atoms with Crippen molar-refractivity contribution in [2.45, 2.75) is 25.8 Å². The van der Waals surface area contributed by atoms with Crippen LogP contribution in [0.15, 0.2) is 65.7 Å². The van der Waals surface area contributed by atoms with Crippen LogP contribution < -0.4 is 22.1 Å². The fraction of sp³-hybridized carbons (Fsp3) is 0.280. The quantitative estimate of drug-likeness (QED) is 0.124. The third-order valence-corrected chi connectivity index (χ3v) is 4.26. The summed E-state index contributed by atoms with van der Waals surface area (Å²) in [6.45, 7) is 5.65. The van der Waals surface area contributed by atoms with Crippen LogP contribution in [-0.2, 0) is 25.5 Å². The zero-order valence-corrected chi connectivity index (χ0v) is 19.5. The van der Waals surface area contributed by atoms with Gasteiger partial charge in [-0.05, 0) is 30.7 Å². The van der Waals surface area contributed by atoms with Crippen LogP contribution in [-0.4, -0.2) is 50.0 Å². The molecule has 180 valence electrons. The van der Waals surface area contributed by atoms with E-state index >= 15 is 0 Å². The van der Waals surface area contributed by atoms with Gasteiger partial charge in [0.2, 0.25) is 11.8 Å². The van der Waals surface area contributed by atoms with E-state index in [9.17, 15) is 14.4 Å². The van der Waals surface area contributed by atoms with Crippen LogP contribution >= 0.6 is 0 Å². The van der Waals surface area contributed by atoms with Gasteiger partial charge in [-0.15, -0.1) is 0 Å². The lowest BCUT2D eigenvalue weighted by atomic mass is 10.0. The second-order valence-electron chi connectivity index (χ2n) is 7.05. The van der Waals surface area contributed by atoms with Gasteiger partial charge < -0.3 is 26.8 Å². The average molecular weight is 466 g/mol. The number of esters is 1. The number of amides is 2. The Hall–Kier alpha value is -4.32. The molecule has 9 heteroatoms. The van der Waals surface area contributed by atoms with Crippen molar-refractivity contribution in [1.82, 2.24) is 10.6 Å². The molecule has 34 heavy (non-hydrogen) atoms. The Bertz CT molecular complexity index is 1010. The Morgan fingerprint density at radius 2 is 1.88 bits per heavy atom. The summed E-state index contributed by atoms with van der Waals surface area (Å²) in [6, 6.07) is 6.44. The predicted molar refractivity (Wildman–Crippen MR) is 132 cm³/mol. The van der Waals surface area contributed by atoms with Gasteiger partial charge in [-0.25, -0.2) is 9.79 Å². The van der Waals surface area contributed by atoms with Crippen molar-refractivity contribution >= 4 is 23.7 Å². The number of nitrogens with two attached hydrogens (primary N) is 2. The van der Waals surface area contributed by atoms with Crippen LogP contribution in [0.25, 0.3) is 0 Å². The van der Waals surface area contributed by atoms with E-state index in [-0.39, 0.29) is 31.9 Å². The number of carbonyl (C=O) groups excluding carboxylic acids is 3. The third kappa shape index (κ3) is 11.9. The number of hydrogen-bond acceptors (Lipinski definition) is 5. The lowest BCUT2D eigenvalue weighted by Gasteiger charge is -2.17. The molecule has 0 saturated carbocycles. The summed E-state index contributed by atoms with van der Waals surface area (Å²) in [5.74, 6) is 4.38. The van der Waals surface area contributed by atoms with Crippen LogP contribution in [0.2, 0.25) is 0 Å². The molecule has 0 aliphatic carbocycles. The number of benzene rings is 1.